The number of hydrogen-bond donors (Lipinski definition) is 1. The molecule has 7 nitrogen and oxygen atoms in total. The predicted molar refractivity (Wildman–Crippen MR) is 129 cm³/mol. The zero-order valence-electron chi connectivity index (χ0n) is 19.0. The maximum Gasteiger partial charge on any atom is 0.166 e. The van der Waals surface area contributed by atoms with E-state index in [0.717, 1.165) is 22.5 Å². The summed E-state index contributed by atoms with van der Waals surface area (Å²) >= 11 is 6.46. The van der Waals surface area contributed by atoms with Crippen LogP contribution >= 0.6 is 11.6 Å². The van der Waals surface area contributed by atoms with Gasteiger partial charge >= 0.3 is 0 Å². The lowest BCUT2D eigenvalue weighted by Crippen LogP contribution is -2.14. The summed E-state index contributed by atoms with van der Waals surface area (Å²) in [4.78, 5) is 0. The van der Waals surface area contributed by atoms with Crippen molar-refractivity contribution in [3.8, 4) is 17.2 Å². The molecule has 0 bridgehead atoms. The number of aromatic nitrogens is 3. The number of rotatable bonds is 7. The van der Waals surface area contributed by atoms with Crippen LogP contribution in [0.25, 0.3) is 5.69 Å². The molecule has 176 valence electrons. The lowest BCUT2D eigenvalue weighted by atomic mass is 9.98. The molecule has 0 spiro atoms. The first-order chi connectivity index (χ1) is 16.6. The fourth-order valence-corrected chi connectivity index (χ4v) is 4.76. The van der Waals surface area contributed by atoms with E-state index < -0.39 is 6.10 Å². The third kappa shape index (κ3) is 4.07. The van der Waals surface area contributed by atoms with Gasteiger partial charge in [0, 0.05) is 35.1 Å². The van der Waals surface area contributed by atoms with Crippen molar-refractivity contribution in [2.45, 2.75) is 31.8 Å². The van der Waals surface area contributed by atoms with Crippen LogP contribution in [0.3, 0.4) is 0 Å². The molecule has 34 heavy (non-hydrogen) atoms. The van der Waals surface area contributed by atoms with Crippen molar-refractivity contribution >= 4 is 11.6 Å². The summed E-state index contributed by atoms with van der Waals surface area (Å²) in [5, 5.41) is 14.4. The summed E-state index contributed by atoms with van der Waals surface area (Å²) in [6.07, 6.45) is 3.93. The summed E-state index contributed by atoms with van der Waals surface area (Å²) in [6.45, 7) is 0.554. The Labute approximate surface area is 203 Å². The minimum Gasteiger partial charge on any atom is -0.493 e. The highest BCUT2D eigenvalue weighted by atomic mass is 35.5. The molecule has 2 aromatic carbocycles. The van der Waals surface area contributed by atoms with Gasteiger partial charge in [0.2, 0.25) is 0 Å². The zero-order chi connectivity index (χ0) is 23.7. The van der Waals surface area contributed by atoms with Gasteiger partial charge in [0.05, 0.1) is 37.9 Å². The topological polar surface area (TPSA) is 70.7 Å². The molecule has 0 saturated heterocycles. The number of aryl methyl sites for hydroxylation is 1. The van der Waals surface area contributed by atoms with E-state index in [1.165, 1.54) is 0 Å². The van der Waals surface area contributed by atoms with Crippen molar-refractivity contribution in [2.24, 2.45) is 0 Å². The first kappa shape index (κ1) is 22.5. The van der Waals surface area contributed by atoms with E-state index in [4.69, 9.17) is 25.8 Å². The SMILES string of the molecule is COc1cccc([C@H]2O[C@H](CCn3ccc(CO)n3)c3cccn3-c3ccc(Cl)cc32)c1OC. The lowest BCUT2D eigenvalue weighted by molar-refractivity contribution is -0.00170. The molecule has 0 amide bonds. The molecule has 4 aromatic rings. The van der Waals surface area contributed by atoms with E-state index in [1.54, 1.807) is 14.2 Å². The second kappa shape index (κ2) is 9.54. The molecule has 2 atom stereocenters. The Morgan fingerprint density at radius 1 is 1.03 bits per heavy atom. The number of halogens is 1. The standard InChI is InChI=1S/C26H26ClN3O4/c1-32-24-7-3-5-19(26(24)33-2)25-20-15-17(27)8-9-21(20)30-12-4-6-22(30)23(34-25)11-14-29-13-10-18(16-31)28-29/h3-10,12-13,15,23,25,31H,11,14,16H2,1-2H3/t23-,25-/m1/s1. The molecule has 5 rings (SSSR count). The third-order valence-corrected chi connectivity index (χ3v) is 6.37. The minimum atomic E-state index is -0.436. The summed E-state index contributed by atoms with van der Waals surface area (Å²) in [5.74, 6) is 1.27. The molecule has 0 aliphatic carbocycles. The quantitative estimate of drug-likeness (QED) is 0.400. The van der Waals surface area contributed by atoms with Crippen molar-refractivity contribution in [1.82, 2.24) is 14.3 Å². The number of aliphatic hydroxyl groups excluding tert-OH is 1. The molecule has 1 aliphatic heterocycles. The van der Waals surface area contributed by atoms with E-state index in [2.05, 4.69) is 15.7 Å². The smallest absolute Gasteiger partial charge is 0.166 e. The number of ether oxygens (including phenoxy) is 3. The number of hydrogen-bond acceptors (Lipinski definition) is 5. The van der Waals surface area contributed by atoms with E-state index in [0.29, 0.717) is 35.2 Å². The highest BCUT2D eigenvalue weighted by Crippen LogP contribution is 2.46. The minimum absolute atomic E-state index is 0.0798. The molecule has 1 N–H and O–H groups in total. The third-order valence-electron chi connectivity index (χ3n) is 6.14. The van der Waals surface area contributed by atoms with Gasteiger partial charge in [0.15, 0.2) is 11.5 Å². The van der Waals surface area contributed by atoms with Crippen molar-refractivity contribution in [3.05, 3.63) is 94.5 Å². The number of aliphatic hydroxyl groups is 1. The van der Waals surface area contributed by atoms with Crippen molar-refractivity contribution < 1.29 is 19.3 Å². The van der Waals surface area contributed by atoms with Crippen LogP contribution in [-0.2, 0) is 17.9 Å². The largest absolute Gasteiger partial charge is 0.493 e. The zero-order valence-corrected chi connectivity index (χ0v) is 19.8. The average Bonchev–Trinajstić information content (AvgIpc) is 3.51. The molecule has 0 saturated carbocycles. The van der Waals surface area contributed by atoms with Gasteiger partial charge in [-0.05, 0) is 48.9 Å². The lowest BCUT2D eigenvalue weighted by Gasteiger charge is -2.25. The molecule has 0 unspecified atom stereocenters. The van der Waals surface area contributed by atoms with Gasteiger partial charge in [0.1, 0.15) is 12.2 Å². The van der Waals surface area contributed by atoms with E-state index >= 15 is 0 Å². The van der Waals surface area contributed by atoms with Gasteiger partial charge in [-0.2, -0.15) is 5.10 Å². The van der Waals surface area contributed by atoms with E-state index in [1.807, 2.05) is 65.6 Å². The van der Waals surface area contributed by atoms with Crippen molar-refractivity contribution in [3.63, 3.8) is 0 Å². The van der Waals surface area contributed by atoms with Crippen LogP contribution in [0, 0.1) is 0 Å². The Morgan fingerprint density at radius 3 is 2.68 bits per heavy atom. The van der Waals surface area contributed by atoms with Crippen LogP contribution in [-0.4, -0.2) is 33.7 Å². The first-order valence-electron chi connectivity index (χ1n) is 11.1. The van der Waals surface area contributed by atoms with Crippen LogP contribution in [0.5, 0.6) is 11.5 Å². The number of nitrogens with zero attached hydrogens (tertiary/aromatic N) is 3. The summed E-state index contributed by atoms with van der Waals surface area (Å²) in [5.41, 5.74) is 4.50. The van der Waals surface area contributed by atoms with Crippen LogP contribution < -0.4 is 9.47 Å². The Balaban J connectivity index is 1.60. The number of methoxy groups -OCH3 is 2. The maximum atomic E-state index is 9.35. The van der Waals surface area contributed by atoms with Gasteiger partial charge in [-0.1, -0.05) is 23.7 Å². The molecule has 2 aromatic heterocycles. The molecule has 0 fully saturated rings. The highest BCUT2D eigenvalue weighted by molar-refractivity contribution is 6.30. The number of fused-ring (bicyclic) bond motifs is 3. The summed E-state index contributed by atoms with van der Waals surface area (Å²) in [7, 11) is 3.26. The van der Waals surface area contributed by atoms with Crippen LogP contribution in [0.4, 0.5) is 0 Å². The molecular formula is C26H26ClN3O4. The maximum absolute atomic E-state index is 9.35. The van der Waals surface area contributed by atoms with Crippen LogP contribution in [0.2, 0.25) is 5.02 Å². The summed E-state index contributed by atoms with van der Waals surface area (Å²) in [6, 6.07) is 17.6. The Morgan fingerprint density at radius 2 is 1.91 bits per heavy atom. The fraction of sp³-hybridized carbons (Fsp3) is 0.269. The second-order valence-electron chi connectivity index (χ2n) is 8.11. The molecule has 3 heterocycles. The second-order valence-corrected chi connectivity index (χ2v) is 8.55. The Bertz CT molecular complexity index is 1300. The van der Waals surface area contributed by atoms with Crippen LogP contribution in [0.15, 0.2) is 67.0 Å². The number of para-hydroxylation sites is 1. The molecule has 0 radical (unpaired) electrons. The molecular weight excluding hydrogens is 454 g/mol. The Kier molecular flexibility index (Phi) is 6.32. The van der Waals surface area contributed by atoms with Gasteiger partial charge in [-0.15, -0.1) is 0 Å². The van der Waals surface area contributed by atoms with Gasteiger partial charge in [-0.25, -0.2) is 0 Å². The van der Waals surface area contributed by atoms with E-state index in [-0.39, 0.29) is 12.7 Å². The normalized spacial score (nSPS) is 17.1. The van der Waals surface area contributed by atoms with Gasteiger partial charge in [0.25, 0.3) is 0 Å². The summed E-state index contributed by atoms with van der Waals surface area (Å²) < 4.78 is 22.2. The predicted octanol–water partition coefficient (Wildman–Crippen LogP) is 5.09. The van der Waals surface area contributed by atoms with Crippen molar-refractivity contribution in [2.75, 3.05) is 14.2 Å². The van der Waals surface area contributed by atoms with Crippen LogP contribution in [0.1, 0.15) is 41.1 Å². The Hall–Kier alpha value is -3.26. The molecule has 1 aliphatic rings. The van der Waals surface area contributed by atoms with Gasteiger partial charge < -0.3 is 23.9 Å². The highest BCUT2D eigenvalue weighted by Gasteiger charge is 2.32. The first-order valence-corrected chi connectivity index (χ1v) is 11.5. The van der Waals surface area contributed by atoms with Gasteiger partial charge in [-0.3, -0.25) is 4.68 Å². The number of benzene rings is 2. The van der Waals surface area contributed by atoms with E-state index in [9.17, 15) is 5.11 Å². The molecule has 8 heteroatoms. The average molecular weight is 480 g/mol. The fourth-order valence-electron chi connectivity index (χ4n) is 4.58. The monoisotopic (exact) mass is 479 g/mol. The van der Waals surface area contributed by atoms with Crippen molar-refractivity contribution in [1.29, 1.82) is 0 Å².